The number of fused-ring (bicyclic) bond motifs is 1. The van der Waals surface area contributed by atoms with Gasteiger partial charge in [-0.25, -0.2) is 13.4 Å². The van der Waals surface area contributed by atoms with Crippen LogP contribution in [0.4, 0.5) is 5.00 Å². The van der Waals surface area contributed by atoms with E-state index in [1.165, 1.54) is 21.9 Å². The highest BCUT2D eigenvalue weighted by Crippen LogP contribution is 2.38. The lowest BCUT2D eigenvalue weighted by Gasteiger charge is -2.18. The zero-order valence-corrected chi connectivity index (χ0v) is 12.7. The van der Waals surface area contributed by atoms with Gasteiger partial charge >= 0.3 is 0 Å². The second-order valence-electron chi connectivity index (χ2n) is 4.80. The van der Waals surface area contributed by atoms with Crippen molar-refractivity contribution < 1.29 is 8.42 Å². The monoisotopic (exact) mass is 309 g/mol. The molecule has 0 aromatic carbocycles. The van der Waals surface area contributed by atoms with E-state index in [2.05, 4.69) is 9.97 Å². The van der Waals surface area contributed by atoms with Crippen LogP contribution < -0.4 is 4.31 Å². The predicted molar refractivity (Wildman–Crippen MR) is 80.5 cm³/mol. The van der Waals surface area contributed by atoms with Crippen molar-refractivity contribution in [2.45, 2.75) is 19.3 Å². The van der Waals surface area contributed by atoms with Crippen molar-refractivity contribution in [3.8, 4) is 10.6 Å². The van der Waals surface area contributed by atoms with Crippen molar-refractivity contribution in [1.29, 1.82) is 0 Å². The average Bonchev–Trinajstić information content (AvgIpc) is 2.72. The van der Waals surface area contributed by atoms with Gasteiger partial charge in [-0.15, -0.1) is 0 Å². The fourth-order valence-corrected chi connectivity index (χ4v) is 4.72. The van der Waals surface area contributed by atoms with Gasteiger partial charge in [-0.3, -0.25) is 9.29 Å². The average molecular weight is 309 g/mol. The summed E-state index contributed by atoms with van der Waals surface area (Å²) in [6.07, 6.45) is 7.38. The van der Waals surface area contributed by atoms with Gasteiger partial charge in [0.1, 0.15) is 10.0 Å². The lowest BCUT2D eigenvalue weighted by molar-refractivity contribution is 0.595. The molecule has 0 fully saturated rings. The van der Waals surface area contributed by atoms with Crippen LogP contribution in [0.1, 0.15) is 18.5 Å². The molecule has 1 aliphatic rings. The number of hydrogen-bond acceptors (Lipinski definition) is 5. The fraction of sp³-hybridized carbons (Fsp3) is 0.385. The first-order chi connectivity index (χ1) is 9.55. The summed E-state index contributed by atoms with van der Waals surface area (Å²) in [7, 11) is -3.24. The van der Waals surface area contributed by atoms with Gasteiger partial charge in [0, 0.05) is 24.5 Å². The van der Waals surface area contributed by atoms with E-state index < -0.39 is 10.0 Å². The molecule has 3 rings (SSSR count). The maximum Gasteiger partial charge on any atom is 0.232 e. The zero-order chi connectivity index (χ0) is 14.2. The minimum atomic E-state index is -3.24. The molecule has 0 radical (unpaired) electrons. The summed E-state index contributed by atoms with van der Waals surface area (Å²) >= 11 is 1.44. The minimum absolute atomic E-state index is 0.545. The second-order valence-corrected chi connectivity index (χ2v) is 7.68. The largest absolute Gasteiger partial charge is 0.265 e. The quantitative estimate of drug-likeness (QED) is 0.854. The third kappa shape index (κ3) is 2.55. The molecule has 1 aliphatic heterocycles. The lowest BCUT2D eigenvalue weighted by atomic mass is 10.2. The van der Waals surface area contributed by atoms with Crippen LogP contribution in [-0.2, 0) is 16.4 Å². The van der Waals surface area contributed by atoms with Crippen LogP contribution in [-0.4, -0.2) is 31.2 Å². The Balaban J connectivity index is 2.08. The molecule has 0 N–H and O–H groups in total. The van der Waals surface area contributed by atoms with Gasteiger partial charge in [0.15, 0.2) is 0 Å². The Morgan fingerprint density at radius 3 is 2.70 bits per heavy atom. The maximum absolute atomic E-state index is 11.9. The van der Waals surface area contributed by atoms with Crippen LogP contribution in [0.2, 0.25) is 0 Å². The lowest BCUT2D eigenvalue weighted by Crippen LogP contribution is -2.29. The first kappa shape index (κ1) is 13.5. The topological polar surface area (TPSA) is 63.2 Å². The normalized spacial score (nSPS) is 15.8. The Morgan fingerprint density at radius 2 is 2.00 bits per heavy atom. The molecule has 0 saturated carbocycles. The second kappa shape index (κ2) is 5.14. The van der Waals surface area contributed by atoms with Gasteiger partial charge in [-0.1, -0.05) is 11.3 Å². The number of rotatable bonds is 2. The number of anilines is 1. The summed E-state index contributed by atoms with van der Waals surface area (Å²) in [4.78, 5) is 8.62. The van der Waals surface area contributed by atoms with E-state index in [0.29, 0.717) is 6.54 Å². The third-order valence-corrected chi connectivity index (χ3v) is 5.71. The van der Waals surface area contributed by atoms with Gasteiger partial charge in [0.25, 0.3) is 0 Å². The Bertz CT molecular complexity index is 710. The van der Waals surface area contributed by atoms with E-state index in [1.54, 1.807) is 12.4 Å². The molecule has 106 valence electrons. The molecular weight excluding hydrogens is 294 g/mol. The van der Waals surface area contributed by atoms with Crippen LogP contribution in [0.25, 0.3) is 10.6 Å². The van der Waals surface area contributed by atoms with E-state index in [-0.39, 0.29) is 0 Å². The highest BCUT2D eigenvalue weighted by Gasteiger charge is 2.26. The summed E-state index contributed by atoms with van der Waals surface area (Å²) in [5.41, 5.74) is 1.87. The molecule has 0 atom stereocenters. The van der Waals surface area contributed by atoms with Crippen molar-refractivity contribution in [3.05, 3.63) is 30.2 Å². The molecular formula is C13H15N3O2S2. The fourth-order valence-electron chi connectivity index (χ4n) is 2.29. The summed E-state index contributed by atoms with van der Waals surface area (Å²) in [5.74, 6) is 0. The maximum atomic E-state index is 11.9. The third-order valence-electron chi connectivity index (χ3n) is 3.26. The summed E-state index contributed by atoms with van der Waals surface area (Å²) in [6.45, 7) is 0.545. The van der Waals surface area contributed by atoms with Crippen molar-refractivity contribution in [2.24, 2.45) is 0 Å². The van der Waals surface area contributed by atoms with E-state index in [9.17, 15) is 8.42 Å². The molecule has 2 aromatic heterocycles. The highest BCUT2D eigenvalue weighted by molar-refractivity contribution is 7.92. The van der Waals surface area contributed by atoms with Crippen LogP contribution in [0, 0.1) is 0 Å². The molecule has 2 aromatic rings. The molecule has 0 aliphatic carbocycles. The van der Waals surface area contributed by atoms with Gasteiger partial charge in [-0.2, -0.15) is 0 Å². The van der Waals surface area contributed by atoms with E-state index in [4.69, 9.17) is 0 Å². The Kier molecular flexibility index (Phi) is 3.47. The molecule has 0 spiro atoms. The minimum Gasteiger partial charge on any atom is -0.265 e. The van der Waals surface area contributed by atoms with Crippen molar-refractivity contribution in [2.75, 3.05) is 17.1 Å². The Hall–Kier alpha value is -1.47. The first-order valence-electron chi connectivity index (χ1n) is 6.43. The molecule has 0 unspecified atom stereocenters. The van der Waals surface area contributed by atoms with E-state index >= 15 is 0 Å². The van der Waals surface area contributed by atoms with Crippen molar-refractivity contribution >= 4 is 26.4 Å². The number of hydrogen-bond donors (Lipinski definition) is 0. The SMILES string of the molecule is CS(=O)(=O)N1CCCCc2nc(-c3ccncc3)sc21. The smallest absolute Gasteiger partial charge is 0.232 e. The van der Waals surface area contributed by atoms with Crippen LogP contribution in [0.3, 0.4) is 0 Å². The van der Waals surface area contributed by atoms with Crippen LogP contribution in [0.5, 0.6) is 0 Å². The number of nitrogens with zero attached hydrogens (tertiary/aromatic N) is 3. The van der Waals surface area contributed by atoms with Crippen molar-refractivity contribution in [3.63, 3.8) is 0 Å². The Morgan fingerprint density at radius 1 is 1.25 bits per heavy atom. The molecule has 3 heterocycles. The van der Waals surface area contributed by atoms with E-state index in [1.807, 2.05) is 12.1 Å². The van der Waals surface area contributed by atoms with Gasteiger partial charge in [-0.05, 0) is 31.4 Å². The zero-order valence-electron chi connectivity index (χ0n) is 11.1. The predicted octanol–water partition coefficient (Wildman–Crippen LogP) is 2.31. The molecule has 0 amide bonds. The molecule has 0 bridgehead atoms. The standard InChI is InChI=1S/C13H15N3O2S2/c1-20(17,18)16-9-3-2-4-11-13(16)19-12(15-11)10-5-7-14-8-6-10/h5-8H,2-4,9H2,1H3. The summed E-state index contributed by atoms with van der Waals surface area (Å²) < 4.78 is 25.4. The molecule has 0 saturated heterocycles. The number of aryl methyl sites for hydroxylation is 1. The summed E-state index contributed by atoms with van der Waals surface area (Å²) in [6, 6.07) is 3.78. The Labute approximate surface area is 122 Å². The molecule has 20 heavy (non-hydrogen) atoms. The number of thiazole rings is 1. The molecule has 5 nitrogen and oxygen atoms in total. The summed E-state index contributed by atoms with van der Waals surface area (Å²) in [5, 5.41) is 1.63. The van der Waals surface area contributed by atoms with Gasteiger partial charge < -0.3 is 0 Å². The van der Waals surface area contributed by atoms with Gasteiger partial charge in [0.2, 0.25) is 10.0 Å². The number of sulfonamides is 1. The van der Waals surface area contributed by atoms with Gasteiger partial charge in [0.05, 0.1) is 11.9 Å². The number of aromatic nitrogens is 2. The van der Waals surface area contributed by atoms with E-state index in [0.717, 1.165) is 40.5 Å². The first-order valence-corrected chi connectivity index (χ1v) is 9.10. The number of pyridine rings is 1. The van der Waals surface area contributed by atoms with Crippen molar-refractivity contribution in [1.82, 2.24) is 9.97 Å². The highest BCUT2D eigenvalue weighted by atomic mass is 32.2. The molecule has 7 heteroatoms. The van der Waals surface area contributed by atoms with Crippen LogP contribution in [0.15, 0.2) is 24.5 Å². The van der Waals surface area contributed by atoms with Crippen LogP contribution >= 0.6 is 11.3 Å².